The first-order chi connectivity index (χ1) is 6.26. The van der Waals surface area contributed by atoms with Crippen molar-refractivity contribution in [2.45, 2.75) is 0 Å². The van der Waals surface area contributed by atoms with Crippen LogP contribution in [0.1, 0.15) is 5.56 Å². The first-order valence-corrected chi connectivity index (χ1v) is 5.01. The number of hydrogen-bond donors (Lipinski definition) is 0. The van der Waals surface area contributed by atoms with Crippen LogP contribution in [-0.2, 0) is 0 Å². The van der Waals surface area contributed by atoms with Gasteiger partial charge >= 0.3 is 0 Å². The van der Waals surface area contributed by atoms with Crippen LogP contribution >= 0.6 is 27.5 Å². The lowest BCUT2D eigenvalue weighted by molar-refractivity contribution is 1.46. The average Bonchev–Trinajstić information content (AvgIpc) is 2.17. The molecule has 0 saturated heterocycles. The summed E-state index contributed by atoms with van der Waals surface area (Å²) in [5.74, 6) is 0.257. The molecule has 0 amide bonds. The minimum atomic E-state index is 0.257. The van der Waals surface area contributed by atoms with Gasteiger partial charge in [-0.05, 0) is 23.8 Å². The lowest BCUT2D eigenvalue weighted by Gasteiger charge is -1.94. The number of nitrogens with zero attached hydrogens (tertiary/aromatic N) is 1. The number of rotatable bonds is 2. The van der Waals surface area contributed by atoms with Crippen molar-refractivity contribution in [2.24, 2.45) is 0 Å². The monoisotopic (exact) mass is 255 g/mol. The quantitative estimate of drug-likeness (QED) is 0.586. The van der Waals surface area contributed by atoms with Crippen LogP contribution in [0.25, 0.3) is 6.08 Å². The first-order valence-electron chi connectivity index (χ1n) is 3.68. The molecule has 0 bridgehead atoms. The minimum Gasteiger partial charge on any atom is -0.193 e. The molecule has 0 aliphatic heterocycles. The van der Waals surface area contributed by atoms with E-state index in [9.17, 15) is 0 Å². The summed E-state index contributed by atoms with van der Waals surface area (Å²) in [6.45, 7) is 0. The van der Waals surface area contributed by atoms with E-state index in [1.807, 2.05) is 30.3 Å². The molecule has 0 aromatic heterocycles. The van der Waals surface area contributed by atoms with Crippen molar-refractivity contribution in [3.8, 4) is 6.07 Å². The smallest absolute Gasteiger partial charge is 0.0960 e. The Hall–Kier alpha value is -0.780. The summed E-state index contributed by atoms with van der Waals surface area (Å²) in [5, 5.41) is 8.63. The second-order valence-electron chi connectivity index (χ2n) is 2.47. The van der Waals surface area contributed by atoms with Crippen molar-refractivity contribution in [1.29, 1.82) is 5.26 Å². The zero-order valence-electron chi connectivity index (χ0n) is 6.80. The molecule has 0 atom stereocenters. The third kappa shape index (κ3) is 3.22. The van der Waals surface area contributed by atoms with E-state index in [1.165, 1.54) is 0 Å². The first kappa shape index (κ1) is 10.3. The van der Waals surface area contributed by atoms with E-state index in [0.29, 0.717) is 5.57 Å². The van der Waals surface area contributed by atoms with E-state index in [0.717, 1.165) is 10.0 Å². The largest absolute Gasteiger partial charge is 0.193 e. The standard InChI is InChI=1S/C10H7BrClN/c11-10-3-1-8(2-4-10)5-9(6-12)7-13/h1-5H,6H2/b9-5-. The second kappa shape index (κ2) is 5.06. The van der Waals surface area contributed by atoms with E-state index in [-0.39, 0.29) is 5.88 Å². The molecule has 0 aliphatic rings. The lowest BCUT2D eigenvalue weighted by Crippen LogP contribution is -1.80. The molecule has 66 valence electrons. The van der Waals surface area contributed by atoms with Crippen molar-refractivity contribution in [3.63, 3.8) is 0 Å². The molecule has 0 radical (unpaired) electrons. The average molecular weight is 257 g/mol. The van der Waals surface area contributed by atoms with Crippen LogP contribution in [0.3, 0.4) is 0 Å². The summed E-state index contributed by atoms with van der Waals surface area (Å²) >= 11 is 8.88. The van der Waals surface area contributed by atoms with Gasteiger partial charge in [-0.1, -0.05) is 28.1 Å². The molecule has 1 aromatic rings. The molecule has 0 saturated carbocycles. The third-order valence-corrected chi connectivity index (χ3v) is 2.32. The molecule has 1 rings (SSSR count). The highest BCUT2D eigenvalue weighted by molar-refractivity contribution is 9.10. The maximum Gasteiger partial charge on any atom is 0.0960 e. The van der Waals surface area contributed by atoms with Crippen LogP contribution in [0.2, 0.25) is 0 Å². The number of halogens is 2. The Morgan fingerprint density at radius 1 is 1.46 bits per heavy atom. The molecule has 13 heavy (non-hydrogen) atoms. The predicted molar refractivity (Wildman–Crippen MR) is 58.5 cm³/mol. The molecule has 1 nitrogen and oxygen atoms in total. The zero-order valence-corrected chi connectivity index (χ0v) is 9.14. The fourth-order valence-electron chi connectivity index (χ4n) is 0.861. The lowest BCUT2D eigenvalue weighted by atomic mass is 10.1. The van der Waals surface area contributed by atoms with Crippen molar-refractivity contribution >= 4 is 33.6 Å². The van der Waals surface area contributed by atoms with Gasteiger partial charge in [0.15, 0.2) is 0 Å². The Morgan fingerprint density at radius 3 is 2.54 bits per heavy atom. The molecule has 0 spiro atoms. The Bertz CT molecular complexity index is 348. The van der Waals surface area contributed by atoms with Gasteiger partial charge in [-0.2, -0.15) is 5.26 Å². The topological polar surface area (TPSA) is 23.8 Å². The van der Waals surface area contributed by atoms with E-state index < -0.39 is 0 Å². The third-order valence-electron chi connectivity index (χ3n) is 1.50. The van der Waals surface area contributed by atoms with Gasteiger partial charge in [0.1, 0.15) is 0 Å². The summed E-state index contributed by atoms with van der Waals surface area (Å²) in [5.41, 5.74) is 1.56. The fraction of sp³-hybridized carbons (Fsp3) is 0.100. The van der Waals surface area contributed by atoms with Crippen LogP contribution in [-0.4, -0.2) is 5.88 Å². The maximum absolute atomic E-state index is 8.63. The zero-order chi connectivity index (χ0) is 9.68. The normalized spacial score (nSPS) is 11.0. The maximum atomic E-state index is 8.63. The van der Waals surface area contributed by atoms with Crippen LogP contribution < -0.4 is 0 Å². The SMILES string of the molecule is N#C/C(=C\c1ccc(Br)cc1)CCl. The Morgan fingerprint density at radius 2 is 2.08 bits per heavy atom. The molecule has 3 heteroatoms. The van der Waals surface area contributed by atoms with Crippen LogP contribution in [0.15, 0.2) is 34.3 Å². The fourth-order valence-corrected chi connectivity index (χ4v) is 1.26. The Labute approximate surface area is 90.8 Å². The minimum absolute atomic E-state index is 0.257. The molecule has 1 aromatic carbocycles. The Balaban J connectivity index is 2.92. The van der Waals surface area contributed by atoms with Gasteiger partial charge in [0.05, 0.1) is 11.9 Å². The van der Waals surface area contributed by atoms with Gasteiger partial charge < -0.3 is 0 Å². The van der Waals surface area contributed by atoms with E-state index in [4.69, 9.17) is 16.9 Å². The number of nitriles is 1. The summed E-state index contributed by atoms with van der Waals surface area (Å²) in [7, 11) is 0. The summed E-state index contributed by atoms with van der Waals surface area (Å²) in [6, 6.07) is 9.73. The number of hydrogen-bond acceptors (Lipinski definition) is 1. The van der Waals surface area contributed by atoms with Crippen molar-refractivity contribution in [1.82, 2.24) is 0 Å². The van der Waals surface area contributed by atoms with Crippen molar-refractivity contribution < 1.29 is 0 Å². The van der Waals surface area contributed by atoms with E-state index in [1.54, 1.807) is 6.08 Å². The predicted octanol–water partition coefficient (Wildman–Crippen LogP) is 3.59. The summed E-state index contributed by atoms with van der Waals surface area (Å²) < 4.78 is 1.02. The number of allylic oxidation sites excluding steroid dienone is 1. The van der Waals surface area contributed by atoms with Crippen molar-refractivity contribution in [2.75, 3.05) is 5.88 Å². The van der Waals surface area contributed by atoms with Crippen LogP contribution in [0, 0.1) is 11.3 Å². The van der Waals surface area contributed by atoms with Crippen LogP contribution in [0.4, 0.5) is 0 Å². The molecule has 0 aliphatic carbocycles. The molecular formula is C10H7BrClN. The van der Waals surface area contributed by atoms with Gasteiger partial charge in [0.25, 0.3) is 0 Å². The van der Waals surface area contributed by atoms with Gasteiger partial charge in [0.2, 0.25) is 0 Å². The highest BCUT2D eigenvalue weighted by Gasteiger charge is 1.93. The van der Waals surface area contributed by atoms with Crippen LogP contribution in [0.5, 0.6) is 0 Å². The van der Waals surface area contributed by atoms with Gasteiger partial charge in [-0.3, -0.25) is 0 Å². The summed E-state index contributed by atoms with van der Waals surface area (Å²) in [4.78, 5) is 0. The molecule has 0 N–H and O–H groups in total. The van der Waals surface area contributed by atoms with Crippen molar-refractivity contribution in [3.05, 3.63) is 39.9 Å². The highest BCUT2D eigenvalue weighted by atomic mass is 79.9. The molecular weight excluding hydrogens is 249 g/mol. The highest BCUT2D eigenvalue weighted by Crippen LogP contribution is 2.13. The van der Waals surface area contributed by atoms with Gasteiger partial charge in [0, 0.05) is 10.0 Å². The number of benzene rings is 1. The van der Waals surface area contributed by atoms with Gasteiger partial charge in [-0.25, -0.2) is 0 Å². The van der Waals surface area contributed by atoms with E-state index >= 15 is 0 Å². The van der Waals surface area contributed by atoms with Gasteiger partial charge in [-0.15, -0.1) is 11.6 Å². The second-order valence-corrected chi connectivity index (χ2v) is 3.65. The number of alkyl halides is 1. The van der Waals surface area contributed by atoms with E-state index in [2.05, 4.69) is 15.9 Å². The molecule has 0 heterocycles. The summed E-state index contributed by atoms with van der Waals surface area (Å²) in [6.07, 6.45) is 1.78. The molecule has 0 unspecified atom stereocenters. The Kier molecular flexibility index (Phi) is 4.01. The molecule has 0 fully saturated rings.